The van der Waals surface area contributed by atoms with Crippen LogP contribution < -0.4 is 0 Å². The van der Waals surface area contributed by atoms with Crippen molar-refractivity contribution in [1.29, 1.82) is 0 Å². The number of aliphatic hydroxyl groups is 1. The van der Waals surface area contributed by atoms with E-state index in [2.05, 4.69) is 28.0 Å². The van der Waals surface area contributed by atoms with Crippen molar-refractivity contribution in [3.63, 3.8) is 0 Å². The zero-order valence-corrected chi connectivity index (χ0v) is 11.2. The van der Waals surface area contributed by atoms with Crippen LogP contribution in [0.1, 0.15) is 31.2 Å². The highest BCUT2D eigenvalue weighted by Gasteiger charge is 2.37. The molecule has 4 nitrogen and oxygen atoms in total. The molecule has 0 saturated carbocycles. The van der Waals surface area contributed by atoms with Gasteiger partial charge in [-0.3, -0.25) is 4.68 Å². The summed E-state index contributed by atoms with van der Waals surface area (Å²) in [7, 11) is 1.91. The van der Waals surface area contributed by atoms with E-state index in [9.17, 15) is 5.11 Å². The van der Waals surface area contributed by atoms with Crippen molar-refractivity contribution in [3.05, 3.63) is 15.9 Å². The first-order chi connectivity index (χ1) is 7.58. The number of aromatic nitrogens is 2. The van der Waals surface area contributed by atoms with Crippen molar-refractivity contribution in [2.75, 3.05) is 13.2 Å². The van der Waals surface area contributed by atoms with Crippen LogP contribution in [0.4, 0.5) is 0 Å². The van der Waals surface area contributed by atoms with Crippen LogP contribution in [0.2, 0.25) is 0 Å². The molecule has 0 amide bonds. The topological polar surface area (TPSA) is 47.3 Å². The summed E-state index contributed by atoms with van der Waals surface area (Å²) in [5.41, 5.74) is 1.05. The number of ether oxygens (including phenoxy) is 1. The average Bonchev–Trinajstić information content (AvgIpc) is 2.56. The molecule has 2 heterocycles. The van der Waals surface area contributed by atoms with Crippen molar-refractivity contribution in [3.8, 4) is 0 Å². The Morgan fingerprint density at radius 2 is 2.12 bits per heavy atom. The second-order valence-corrected chi connectivity index (χ2v) is 5.02. The zero-order valence-electron chi connectivity index (χ0n) is 9.66. The minimum absolute atomic E-state index is 0.598. The van der Waals surface area contributed by atoms with Gasteiger partial charge in [0.25, 0.3) is 0 Å². The lowest BCUT2D eigenvalue weighted by Crippen LogP contribution is -2.34. The van der Waals surface area contributed by atoms with Gasteiger partial charge in [0, 0.05) is 33.1 Å². The Labute approximate surface area is 104 Å². The van der Waals surface area contributed by atoms with Crippen molar-refractivity contribution >= 4 is 15.9 Å². The lowest BCUT2D eigenvalue weighted by molar-refractivity contribution is -0.0712. The Balaban J connectivity index is 2.39. The Kier molecular flexibility index (Phi) is 3.37. The van der Waals surface area contributed by atoms with Crippen LogP contribution in [0.25, 0.3) is 0 Å². The van der Waals surface area contributed by atoms with Gasteiger partial charge in [0.15, 0.2) is 0 Å². The maximum Gasteiger partial charge on any atom is 0.114 e. The Morgan fingerprint density at radius 1 is 1.50 bits per heavy atom. The third-order valence-corrected chi connectivity index (χ3v) is 4.03. The van der Waals surface area contributed by atoms with Crippen molar-refractivity contribution in [2.45, 2.75) is 31.8 Å². The summed E-state index contributed by atoms with van der Waals surface area (Å²) in [6.45, 7) is 3.28. The number of nitrogens with zero attached hydrogens (tertiary/aromatic N) is 2. The maximum atomic E-state index is 10.6. The van der Waals surface area contributed by atoms with Gasteiger partial charge in [-0.05, 0) is 22.4 Å². The van der Waals surface area contributed by atoms with Gasteiger partial charge in [-0.1, -0.05) is 6.92 Å². The van der Waals surface area contributed by atoms with Gasteiger partial charge in [0.05, 0.1) is 10.2 Å². The van der Waals surface area contributed by atoms with Crippen molar-refractivity contribution < 1.29 is 9.84 Å². The van der Waals surface area contributed by atoms with Crippen LogP contribution >= 0.6 is 15.9 Å². The van der Waals surface area contributed by atoms with E-state index in [0.29, 0.717) is 26.1 Å². The van der Waals surface area contributed by atoms with Crippen LogP contribution in [0, 0.1) is 0 Å². The Morgan fingerprint density at radius 3 is 2.62 bits per heavy atom. The molecular weight excluding hydrogens is 272 g/mol. The first kappa shape index (κ1) is 12.1. The normalized spacial score (nSPS) is 20.0. The highest BCUT2D eigenvalue weighted by molar-refractivity contribution is 9.10. The number of halogens is 1. The van der Waals surface area contributed by atoms with Crippen LogP contribution in [0.15, 0.2) is 4.47 Å². The van der Waals surface area contributed by atoms with E-state index in [0.717, 1.165) is 22.3 Å². The molecule has 1 aliphatic heterocycles. The van der Waals surface area contributed by atoms with E-state index in [1.165, 1.54) is 0 Å². The van der Waals surface area contributed by atoms with Gasteiger partial charge in [-0.25, -0.2) is 0 Å². The van der Waals surface area contributed by atoms with Crippen molar-refractivity contribution in [1.82, 2.24) is 9.78 Å². The standard InChI is InChI=1S/C11H17BrN2O2/c1-3-8-9(12)10(13-14(8)2)11(15)4-6-16-7-5-11/h15H,3-7H2,1-2H3. The van der Waals surface area contributed by atoms with Crippen LogP contribution in [0.5, 0.6) is 0 Å². The SMILES string of the molecule is CCc1c(Br)c(C2(O)CCOCC2)nn1C. The van der Waals surface area contributed by atoms with Gasteiger partial charge >= 0.3 is 0 Å². The molecule has 0 bridgehead atoms. The Hall–Kier alpha value is -0.390. The summed E-state index contributed by atoms with van der Waals surface area (Å²) in [5.74, 6) is 0. The molecule has 5 heteroatoms. The lowest BCUT2D eigenvalue weighted by atomic mass is 9.90. The van der Waals surface area contributed by atoms with Gasteiger partial charge in [-0.2, -0.15) is 5.10 Å². The molecule has 0 aromatic carbocycles. The molecule has 16 heavy (non-hydrogen) atoms. The first-order valence-corrected chi connectivity index (χ1v) is 6.40. The fourth-order valence-electron chi connectivity index (χ4n) is 2.16. The molecule has 90 valence electrons. The molecule has 0 radical (unpaired) electrons. The van der Waals surface area contributed by atoms with Gasteiger partial charge in [0.2, 0.25) is 0 Å². The summed E-state index contributed by atoms with van der Waals surface area (Å²) >= 11 is 3.55. The minimum Gasteiger partial charge on any atom is -0.383 e. The zero-order chi connectivity index (χ0) is 11.8. The van der Waals surface area contributed by atoms with E-state index < -0.39 is 5.60 Å². The number of aryl methyl sites for hydroxylation is 1. The highest BCUT2D eigenvalue weighted by Crippen LogP contribution is 2.36. The number of hydrogen-bond acceptors (Lipinski definition) is 3. The second-order valence-electron chi connectivity index (χ2n) is 4.23. The van der Waals surface area contributed by atoms with Crippen LogP contribution in [0.3, 0.4) is 0 Å². The quantitative estimate of drug-likeness (QED) is 0.902. The Bertz CT molecular complexity index is 384. The average molecular weight is 289 g/mol. The molecule has 1 aromatic rings. The molecule has 1 fully saturated rings. The molecule has 0 aliphatic carbocycles. The summed E-state index contributed by atoms with van der Waals surface area (Å²) in [6, 6.07) is 0. The summed E-state index contributed by atoms with van der Waals surface area (Å²) in [4.78, 5) is 0. The lowest BCUT2D eigenvalue weighted by Gasteiger charge is -2.30. The highest BCUT2D eigenvalue weighted by atomic mass is 79.9. The maximum absolute atomic E-state index is 10.6. The molecule has 2 rings (SSSR count). The largest absolute Gasteiger partial charge is 0.383 e. The summed E-state index contributed by atoms with van der Waals surface area (Å²) < 4.78 is 8.07. The number of hydrogen-bond donors (Lipinski definition) is 1. The predicted molar refractivity (Wildman–Crippen MR) is 64.2 cm³/mol. The first-order valence-electron chi connectivity index (χ1n) is 5.60. The third kappa shape index (κ3) is 1.92. The van der Waals surface area contributed by atoms with Crippen LogP contribution in [-0.4, -0.2) is 28.1 Å². The van der Waals surface area contributed by atoms with Crippen LogP contribution in [-0.2, 0) is 23.8 Å². The van der Waals surface area contributed by atoms with Gasteiger partial charge in [0.1, 0.15) is 11.3 Å². The van der Waals surface area contributed by atoms with E-state index in [4.69, 9.17) is 4.74 Å². The minimum atomic E-state index is -0.831. The van der Waals surface area contributed by atoms with E-state index in [1.54, 1.807) is 0 Å². The monoisotopic (exact) mass is 288 g/mol. The fourth-order valence-corrected chi connectivity index (χ4v) is 3.15. The number of rotatable bonds is 2. The molecule has 1 saturated heterocycles. The third-order valence-electron chi connectivity index (χ3n) is 3.20. The molecule has 1 aliphatic rings. The second kappa shape index (κ2) is 4.47. The predicted octanol–water partition coefficient (Wildman–Crippen LogP) is 1.74. The molecular formula is C11H17BrN2O2. The van der Waals surface area contributed by atoms with Gasteiger partial charge < -0.3 is 9.84 Å². The summed E-state index contributed by atoms with van der Waals surface area (Å²) in [6.07, 6.45) is 2.13. The summed E-state index contributed by atoms with van der Waals surface area (Å²) in [5, 5.41) is 15.0. The van der Waals surface area contributed by atoms with E-state index >= 15 is 0 Å². The van der Waals surface area contributed by atoms with E-state index in [1.807, 2.05) is 11.7 Å². The smallest absolute Gasteiger partial charge is 0.114 e. The van der Waals surface area contributed by atoms with Gasteiger partial charge in [-0.15, -0.1) is 0 Å². The van der Waals surface area contributed by atoms with E-state index in [-0.39, 0.29) is 0 Å². The fraction of sp³-hybridized carbons (Fsp3) is 0.727. The molecule has 0 atom stereocenters. The molecule has 1 N–H and O–H groups in total. The molecule has 0 spiro atoms. The molecule has 1 aromatic heterocycles. The van der Waals surface area contributed by atoms with Crippen molar-refractivity contribution in [2.24, 2.45) is 7.05 Å². The molecule has 0 unspecified atom stereocenters.